The van der Waals surface area contributed by atoms with Gasteiger partial charge in [0, 0.05) is 24.7 Å². The molecule has 8 nitrogen and oxygen atoms in total. The largest absolute Gasteiger partial charge is 0.497 e. The summed E-state index contributed by atoms with van der Waals surface area (Å²) in [5.41, 5.74) is 1.40. The van der Waals surface area contributed by atoms with Crippen molar-refractivity contribution >= 4 is 29.1 Å². The van der Waals surface area contributed by atoms with E-state index in [-0.39, 0.29) is 23.8 Å². The van der Waals surface area contributed by atoms with Crippen molar-refractivity contribution in [2.45, 2.75) is 6.04 Å². The molecule has 2 N–H and O–H groups in total. The van der Waals surface area contributed by atoms with Crippen LogP contribution in [0.15, 0.2) is 42.5 Å². The van der Waals surface area contributed by atoms with Gasteiger partial charge in [0.15, 0.2) is 0 Å². The lowest BCUT2D eigenvalue weighted by Gasteiger charge is -2.34. The Labute approximate surface area is 185 Å². The van der Waals surface area contributed by atoms with Crippen LogP contribution < -0.4 is 15.4 Å². The number of amides is 2. The van der Waals surface area contributed by atoms with Crippen LogP contribution in [0.5, 0.6) is 5.75 Å². The molecule has 1 fully saturated rings. The Kier molecular flexibility index (Phi) is 7.84. The highest BCUT2D eigenvalue weighted by Crippen LogP contribution is 2.24. The van der Waals surface area contributed by atoms with Gasteiger partial charge in [-0.15, -0.1) is 0 Å². The van der Waals surface area contributed by atoms with Crippen LogP contribution >= 0.6 is 11.6 Å². The number of ether oxygens (including phenoxy) is 2. The maximum atomic E-state index is 12.4. The van der Waals surface area contributed by atoms with E-state index in [4.69, 9.17) is 21.1 Å². The second-order valence-corrected chi connectivity index (χ2v) is 7.34. The maximum absolute atomic E-state index is 12.4. The molecule has 2 amide bonds. The smallest absolute Gasteiger partial charge is 0.313 e. The number of benzene rings is 2. The van der Waals surface area contributed by atoms with Crippen molar-refractivity contribution in [2.75, 3.05) is 45.3 Å². The van der Waals surface area contributed by atoms with E-state index < -0.39 is 11.8 Å². The van der Waals surface area contributed by atoms with E-state index in [0.29, 0.717) is 31.3 Å². The van der Waals surface area contributed by atoms with Gasteiger partial charge in [0.25, 0.3) is 0 Å². The van der Waals surface area contributed by atoms with Crippen molar-refractivity contribution in [3.8, 4) is 11.8 Å². The Balaban J connectivity index is 1.68. The minimum absolute atomic E-state index is 0.132. The molecule has 0 bridgehead atoms. The van der Waals surface area contributed by atoms with E-state index in [1.54, 1.807) is 7.11 Å². The average Bonchev–Trinajstić information content (AvgIpc) is 2.80. The van der Waals surface area contributed by atoms with E-state index in [1.165, 1.54) is 18.2 Å². The van der Waals surface area contributed by atoms with Gasteiger partial charge in [-0.25, -0.2) is 0 Å². The molecule has 31 heavy (non-hydrogen) atoms. The molecule has 0 saturated carbocycles. The summed E-state index contributed by atoms with van der Waals surface area (Å²) < 4.78 is 10.7. The number of hydrogen-bond acceptors (Lipinski definition) is 6. The minimum atomic E-state index is -0.866. The minimum Gasteiger partial charge on any atom is -0.497 e. The van der Waals surface area contributed by atoms with Gasteiger partial charge >= 0.3 is 11.8 Å². The van der Waals surface area contributed by atoms with Crippen LogP contribution in [0.2, 0.25) is 5.02 Å². The standard InChI is InChI=1S/C22H23ClN4O4/c1-30-18-6-3-15(4-7-18)20(27-8-10-31-11-9-27)14-25-21(28)22(29)26-19-12-17(23)5-2-16(19)13-24/h2-7,12,20H,8-11,14H2,1H3,(H,25,28)(H,26,29). The first-order chi connectivity index (χ1) is 15.0. The van der Waals surface area contributed by atoms with Crippen LogP contribution in [-0.4, -0.2) is 56.7 Å². The first kappa shape index (κ1) is 22.6. The number of rotatable bonds is 6. The molecule has 0 aliphatic carbocycles. The predicted molar refractivity (Wildman–Crippen MR) is 116 cm³/mol. The molecule has 1 saturated heterocycles. The van der Waals surface area contributed by atoms with Gasteiger partial charge in [-0.3, -0.25) is 14.5 Å². The zero-order chi connectivity index (χ0) is 22.2. The van der Waals surface area contributed by atoms with Gasteiger partial charge in [-0.05, 0) is 35.9 Å². The normalized spacial score (nSPS) is 14.9. The fraction of sp³-hybridized carbons (Fsp3) is 0.318. The van der Waals surface area contributed by atoms with E-state index in [2.05, 4.69) is 15.5 Å². The monoisotopic (exact) mass is 442 g/mol. The van der Waals surface area contributed by atoms with Gasteiger partial charge in [-0.1, -0.05) is 23.7 Å². The molecule has 2 aromatic carbocycles. The number of nitrogens with one attached hydrogen (secondary N) is 2. The van der Waals surface area contributed by atoms with Crippen molar-refractivity contribution in [2.24, 2.45) is 0 Å². The third kappa shape index (κ3) is 5.95. The predicted octanol–water partition coefficient (Wildman–Crippen LogP) is 2.35. The lowest BCUT2D eigenvalue weighted by atomic mass is 10.0. The highest BCUT2D eigenvalue weighted by Gasteiger charge is 2.25. The van der Waals surface area contributed by atoms with Gasteiger partial charge in [-0.2, -0.15) is 5.26 Å². The van der Waals surface area contributed by atoms with E-state index in [0.717, 1.165) is 11.3 Å². The number of nitrogens with zero attached hydrogens (tertiary/aromatic N) is 2. The summed E-state index contributed by atoms with van der Waals surface area (Å²) in [6, 6.07) is 13.9. The van der Waals surface area contributed by atoms with Crippen molar-refractivity contribution in [3.05, 3.63) is 58.6 Å². The second kappa shape index (κ2) is 10.8. The molecule has 9 heteroatoms. The summed E-state index contributed by atoms with van der Waals surface area (Å²) in [6.45, 7) is 2.87. The molecule has 0 aromatic heterocycles. The molecule has 0 spiro atoms. The lowest BCUT2D eigenvalue weighted by molar-refractivity contribution is -0.136. The number of nitriles is 1. The van der Waals surface area contributed by atoms with Crippen molar-refractivity contribution in [3.63, 3.8) is 0 Å². The number of hydrogen-bond donors (Lipinski definition) is 2. The first-order valence-corrected chi connectivity index (χ1v) is 10.1. The summed E-state index contributed by atoms with van der Waals surface area (Å²) in [6.07, 6.45) is 0. The van der Waals surface area contributed by atoms with Gasteiger partial charge < -0.3 is 20.1 Å². The van der Waals surface area contributed by atoms with Crippen LogP contribution in [-0.2, 0) is 14.3 Å². The average molecular weight is 443 g/mol. The van der Waals surface area contributed by atoms with Gasteiger partial charge in [0.1, 0.15) is 11.8 Å². The Hall–Kier alpha value is -3.12. The topological polar surface area (TPSA) is 104 Å². The van der Waals surface area contributed by atoms with Crippen molar-refractivity contribution in [1.82, 2.24) is 10.2 Å². The van der Waals surface area contributed by atoms with E-state index >= 15 is 0 Å². The Bertz CT molecular complexity index is 968. The summed E-state index contributed by atoms with van der Waals surface area (Å²) in [7, 11) is 1.60. The van der Waals surface area contributed by atoms with E-state index in [9.17, 15) is 14.9 Å². The molecule has 1 unspecified atom stereocenters. The molecule has 1 aliphatic heterocycles. The van der Waals surface area contributed by atoms with Crippen LogP contribution in [0, 0.1) is 11.3 Å². The molecule has 1 atom stereocenters. The lowest BCUT2D eigenvalue weighted by Crippen LogP contribution is -2.45. The van der Waals surface area contributed by atoms with Crippen LogP contribution in [0.25, 0.3) is 0 Å². The summed E-state index contributed by atoms with van der Waals surface area (Å²) in [4.78, 5) is 27.0. The molecule has 0 radical (unpaired) electrons. The number of morpholine rings is 1. The number of carbonyl (C=O) groups excluding carboxylic acids is 2. The Morgan fingerprint density at radius 3 is 2.55 bits per heavy atom. The zero-order valence-corrected chi connectivity index (χ0v) is 17.8. The summed E-state index contributed by atoms with van der Waals surface area (Å²) >= 11 is 5.93. The SMILES string of the molecule is COc1ccc(C(CNC(=O)C(=O)Nc2cc(Cl)ccc2C#N)N2CCOCC2)cc1. The third-order valence-corrected chi connectivity index (χ3v) is 5.23. The molecule has 2 aromatic rings. The highest BCUT2D eigenvalue weighted by atomic mass is 35.5. The molecular formula is C22H23ClN4O4. The number of methoxy groups -OCH3 is 1. The maximum Gasteiger partial charge on any atom is 0.313 e. The van der Waals surface area contributed by atoms with Crippen molar-refractivity contribution < 1.29 is 19.1 Å². The van der Waals surface area contributed by atoms with Gasteiger partial charge in [0.2, 0.25) is 0 Å². The quantitative estimate of drug-likeness (QED) is 0.665. The fourth-order valence-electron chi connectivity index (χ4n) is 3.34. The van der Waals surface area contributed by atoms with Crippen molar-refractivity contribution in [1.29, 1.82) is 5.26 Å². The molecule has 1 aliphatic rings. The summed E-state index contributed by atoms with van der Waals surface area (Å²) in [5.74, 6) is -0.924. The number of carbonyl (C=O) groups is 2. The molecule has 162 valence electrons. The zero-order valence-electron chi connectivity index (χ0n) is 17.1. The van der Waals surface area contributed by atoms with Crippen LogP contribution in [0.4, 0.5) is 5.69 Å². The van der Waals surface area contributed by atoms with E-state index in [1.807, 2.05) is 30.3 Å². The fourth-order valence-corrected chi connectivity index (χ4v) is 3.51. The Morgan fingerprint density at radius 2 is 1.90 bits per heavy atom. The second-order valence-electron chi connectivity index (χ2n) is 6.90. The first-order valence-electron chi connectivity index (χ1n) is 9.76. The molecule has 3 rings (SSSR count). The Morgan fingerprint density at radius 1 is 1.19 bits per heavy atom. The molecular weight excluding hydrogens is 420 g/mol. The van der Waals surface area contributed by atoms with Gasteiger partial charge in [0.05, 0.1) is 37.6 Å². The molecule has 1 heterocycles. The van der Waals surface area contributed by atoms with Crippen LogP contribution in [0.3, 0.4) is 0 Å². The summed E-state index contributed by atoms with van der Waals surface area (Å²) in [5, 5.41) is 14.7. The highest BCUT2D eigenvalue weighted by molar-refractivity contribution is 6.40. The number of halogens is 1. The number of anilines is 1. The third-order valence-electron chi connectivity index (χ3n) is 5.00. The van der Waals surface area contributed by atoms with Crippen LogP contribution in [0.1, 0.15) is 17.2 Å².